The predicted octanol–water partition coefficient (Wildman–Crippen LogP) is 3.92. The van der Waals surface area contributed by atoms with Gasteiger partial charge in [-0.05, 0) is 17.7 Å². The van der Waals surface area contributed by atoms with Crippen molar-refractivity contribution in [3.8, 4) is 11.4 Å². The molecule has 6 nitrogen and oxygen atoms in total. The number of anilines is 2. The van der Waals surface area contributed by atoms with E-state index in [-0.39, 0.29) is 11.8 Å². The zero-order valence-corrected chi connectivity index (χ0v) is 16.2. The zero-order chi connectivity index (χ0) is 19.4. The van der Waals surface area contributed by atoms with Crippen molar-refractivity contribution >= 4 is 17.5 Å². The summed E-state index contributed by atoms with van der Waals surface area (Å²) in [5.41, 5.74) is 3.13. The van der Waals surface area contributed by atoms with Crippen LogP contribution in [0.15, 0.2) is 54.6 Å². The van der Waals surface area contributed by atoms with Crippen LogP contribution in [0, 0.1) is 5.92 Å². The molecule has 0 radical (unpaired) electrons. The van der Waals surface area contributed by atoms with Crippen LogP contribution in [0.3, 0.4) is 0 Å². The number of benzene rings is 2. The second-order valence-electron chi connectivity index (χ2n) is 6.94. The number of hydrogen-bond donors (Lipinski definition) is 1. The lowest BCUT2D eigenvalue weighted by Crippen LogP contribution is -2.21. The quantitative estimate of drug-likeness (QED) is 0.719. The summed E-state index contributed by atoms with van der Waals surface area (Å²) < 4.78 is 1.38. The smallest absolute Gasteiger partial charge is 0.252 e. The van der Waals surface area contributed by atoms with Gasteiger partial charge in [0.05, 0.1) is 0 Å². The lowest BCUT2D eigenvalue weighted by molar-refractivity contribution is 0.0841. The third-order valence-corrected chi connectivity index (χ3v) is 4.25. The van der Waals surface area contributed by atoms with Gasteiger partial charge in [0.2, 0.25) is 5.95 Å². The third-order valence-electron chi connectivity index (χ3n) is 4.25. The van der Waals surface area contributed by atoms with E-state index >= 15 is 0 Å². The molecular formula is C21H25N5O. The van der Waals surface area contributed by atoms with Crippen molar-refractivity contribution < 1.29 is 4.79 Å². The molecule has 1 heterocycles. The molecule has 2 aromatic carbocycles. The molecular weight excluding hydrogens is 338 g/mol. The van der Waals surface area contributed by atoms with Crippen molar-refractivity contribution in [3.63, 3.8) is 0 Å². The summed E-state index contributed by atoms with van der Waals surface area (Å²) >= 11 is 0. The molecule has 1 aromatic heterocycles. The fourth-order valence-electron chi connectivity index (χ4n) is 2.63. The summed E-state index contributed by atoms with van der Waals surface area (Å²) in [5.74, 6) is 0.740. The molecule has 0 bridgehead atoms. The van der Waals surface area contributed by atoms with E-state index in [1.807, 2.05) is 58.3 Å². The minimum atomic E-state index is -0.171. The topological polar surface area (TPSA) is 63.1 Å². The average Bonchev–Trinajstić information content (AvgIpc) is 3.11. The van der Waals surface area contributed by atoms with Crippen LogP contribution in [-0.4, -0.2) is 34.8 Å². The highest BCUT2D eigenvalue weighted by atomic mass is 16.2. The first-order valence-electron chi connectivity index (χ1n) is 9.02. The highest BCUT2D eigenvalue weighted by Crippen LogP contribution is 2.19. The van der Waals surface area contributed by atoms with Crippen LogP contribution >= 0.6 is 0 Å². The van der Waals surface area contributed by atoms with E-state index in [4.69, 9.17) is 0 Å². The summed E-state index contributed by atoms with van der Waals surface area (Å²) in [6.07, 6.45) is 0. The summed E-state index contributed by atoms with van der Waals surface area (Å²) in [6.45, 7) is 4.28. The average molecular weight is 363 g/mol. The molecule has 0 unspecified atom stereocenters. The molecule has 0 aliphatic carbocycles. The van der Waals surface area contributed by atoms with Crippen molar-refractivity contribution in [1.29, 1.82) is 0 Å². The number of aromatic nitrogens is 3. The van der Waals surface area contributed by atoms with E-state index in [9.17, 15) is 4.79 Å². The molecule has 0 atom stereocenters. The maximum Gasteiger partial charge on any atom is 0.252 e. The highest BCUT2D eigenvalue weighted by Gasteiger charge is 2.19. The maximum absolute atomic E-state index is 12.6. The van der Waals surface area contributed by atoms with Crippen LogP contribution < -0.4 is 10.2 Å². The minimum Gasteiger partial charge on any atom is -0.378 e. The highest BCUT2D eigenvalue weighted by molar-refractivity contribution is 5.83. The zero-order valence-electron chi connectivity index (χ0n) is 16.2. The second kappa shape index (κ2) is 8.03. The molecule has 0 aliphatic heterocycles. The number of nitrogens with zero attached hydrogens (tertiary/aromatic N) is 4. The van der Waals surface area contributed by atoms with E-state index in [1.54, 1.807) is 0 Å². The first-order chi connectivity index (χ1) is 13.0. The molecule has 0 spiro atoms. The molecule has 1 N–H and O–H groups in total. The molecule has 140 valence electrons. The predicted molar refractivity (Wildman–Crippen MR) is 109 cm³/mol. The number of rotatable bonds is 6. The van der Waals surface area contributed by atoms with E-state index in [0.717, 1.165) is 16.8 Å². The van der Waals surface area contributed by atoms with Gasteiger partial charge in [0.15, 0.2) is 5.82 Å². The Morgan fingerprint density at radius 3 is 2.33 bits per heavy atom. The van der Waals surface area contributed by atoms with Gasteiger partial charge in [0, 0.05) is 37.8 Å². The van der Waals surface area contributed by atoms with Crippen molar-refractivity contribution in [2.45, 2.75) is 20.4 Å². The van der Waals surface area contributed by atoms with Crippen molar-refractivity contribution in [2.24, 2.45) is 5.92 Å². The van der Waals surface area contributed by atoms with Crippen LogP contribution in [0.25, 0.3) is 11.4 Å². The van der Waals surface area contributed by atoms with Crippen LogP contribution in [0.1, 0.15) is 24.2 Å². The number of carbonyl (C=O) groups excluding carboxylic acids is 1. The molecule has 3 aromatic rings. The van der Waals surface area contributed by atoms with E-state index < -0.39 is 0 Å². The summed E-state index contributed by atoms with van der Waals surface area (Å²) in [6, 6.07) is 17.9. The van der Waals surface area contributed by atoms with Gasteiger partial charge in [-0.25, -0.2) is 0 Å². The Morgan fingerprint density at radius 2 is 1.74 bits per heavy atom. The van der Waals surface area contributed by atoms with Crippen LogP contribution in [0.2, 0.25) is 0 Å². The standard InChI is InChI=1S/C21H25N5O/c1-15(2)20(27)26-21(23-19(24-26)17-8-6-5-7-9-17)22-14-16-10-12-18(13-11-16)25(3)4/h5-13,15H,14H2,1-4H3,(H,22,23,24). The second-order valence-corrected chi connectivity index (χ2v) is 6.94. The summed E-state index contributed by atoms with van der Waals surface area (Å²) in [5, 5.41) is 7.70. The lowest BCUT2D eigenvalue weighted by Gasteiger charge is -2.13. The van der Waals surface area contributed by atoms with Gasteiger partial charge in [-0.2, -0.15) is 9.67 Å². The van der Waals surface area contributed by atoms with Crippen LogP contribution in [0.4, 0.5) is 11.6 Å². The van der Waals surface area contributed by atoms with Crippen molar-refractivity contribution in [1.82, 2.24) is 14.8 Å². The Bertz CT molecular complexity index is 898. The van der Waals surface area contributed by atoms with Crippen molar-refractivity contribution in [2.75, 3.05) is 24.3 Å². The maximum atomic E-state index is 12.6. The minimum absolute atomic E-state index is 0.0878. The fourth-order valence-corrected chi connectivity index (χ4v) is 2.63. The Morgan fingerprint density at radius 1 is 1.07 bits per heavy atom. The lowest BCUT2D eigenvalue weighted by atomic mass is 10.2. The molecule has 0 saturated carbocycles. The fraction of sp³-hybridized carbons (Fsp3) is 0.286. The van der Waals surface area contributed by atoms with Gasteiger partial charge in [0.1, 0.15) is 0 Å². The SMILES string of the molecule is CC(C)C(=O)n1nc(-c2ccccc2)nc1NCc1ccc(N(C)C)cc1. The van der Waals surface area contributed by atoms with E-state index in [1.165, 1.54) is 4.68 Å². The normalized spacial score (nSPS) is 10.9. The number of carbonyl (C=O) groups is 1. The molecule has 0 amide bonds. The largest absolute Gasteiger partial charge is 0.378 e. The molecule has 6 heteroatoms. The Hall–Kier alpha value is -3.15. The Balaban J connectivity index is 1.84. The van der Waals surface area contributed by atoms with Crippen molar-refractivity contribution in [3.05, 3.63) is 60.2 Å². The summed E-state index contributed by atoms with van der Waals surface area (Å²) in [4.78, 5) is 19.2. The Kier molecular flexibility index (Phi) is 5.54. The summed E-state index contributed by atoms with van der Waals surface area (Å²) in [7, 11) is 4.02. The molecule has 27 heavy (non-hydrogen) atoms. The van der Waals surface area contributed by atoms with Gasteiger partial charge in [0.25, 0.3) is 5.91 Å². The van der Waals surface area contributed by atoms with E-state index in [0.29, 0.717) is 18.3 Å². The number of nitrogens with one attached hydrogen (secondary N) is 1. The van der Waals surface area contributed by atoms with Gasteiger partial charge >= 0.3 is 0 Å². The van der Waals surface area contributed by atoms with Crippen LogP contribution in [0.5, 0.6) is 0 Å². The molecule has 0 saturated heterocycles. The van der Waals surface area contributed by atoms with Crippen LogP contribution in [-0.2, 0) is 6.54 Å². The van der Waals surface area contributed by atoms with Gasteiger partial charge in [-0.3, -0.25) is 4.79 Å². The first kappa shape index (κ1) is 18.6. The first-order valence-corrected chi connectivity index (χ1v) is 9.02. The Labute approximate surface area is 159 Å². The van der Waals surface area contributed by atoms with E-state index in [2.05, 4.69) is 44.6 Å². The van der Waals surface area contributed by atoms with Gasteiger partial charge in [-0.15, -0.1) is 5.10 Å². The van der Waals surface area contributed by atoms with Gasteiger partial charge < -0.3 is 10.2 Å². The van der Waals surface area contributed by atoms with Gasteiger partial charge in [-0.1, -0.05) is 56.3 Å². The molecule has 0 aliphatic rings. The molecule has 0 fully saturated rings. The molecule has 3 rings (SSSR count). The number of hydrogen-bond acceptors (Lipinski definition) is 5. The third kappa shape index (κ3) is 4.34. The monoisotopic (exact) mass is 363 g/mol.